The van der Waals surface area contributed by atoms with E-state index >= 15 is 0 Å². The van der Waals surface area contributed by atoms with Crippen molar-refractivity contribution in [2.75, 3.05) is 46.0 Å². The van der Waals surface area contributed by atoms with E-state index in [1.165, 1.54) is 0 Å². The second kappa shape index (κ2) is 7.56. The number of carbonyl (C=O) groups is 2. The average molecular weight is 286 g/mol. The van der Waals surface area contributed by atoms with Crippen LogP contribution in [0, 0.1) is 5.92 Å². The average Bonchev–Trinajstić information content (AvgIpc) is 2.47. The predicted molar refractivity (Wildman–Crippen MR) is 70.4 cm³/mol. The van der Waals surface area contributed by atoms with Gasteiger partial charge in [0, 0.05) is 19.6 Å². The number of likely N-dealkylation sites (tertiary alicyclic amines) is 1. The van der Waals surface area contributed by atoms with E-state index < -0.39 is 12.1 Å². The number of nitrogens with one attached hydrogen (secondary N) is 1. The minimum Gasteiger partial charge on any atom is -0.480 e. The van der Waals surface area contributed by atoms with Gasteiger partial charge in [0.2, 0.25) is 0 Å². The van der Waals surface area contributed by atoms with Gasteiger partial charge >= 0.3 is 5.97 Å². The number of carbonyl (C=O) groups excluding carboxylic acids is 1. The van der Waals surface area contributed by atoms with Gasteiger partial charge in [0.25, 0.3) is 5.91 Å². The lowest BCUT2D eigenvalue weighted by molar-refractivity contribution is -0.159. The summed E-state index contributed by atoms with van der Waals surface area (Å²) in [4.78, 5) is 24.6. The third-order valence-electron chi connectivity index (χ3n) is 3.63. The van der Waals surface area contributed by atoms with Crippen LogP contribution in [0.5, 0.6) is 0 Å². The summed E-state index contributed by atoms with van der Waals surface area (Å²) in [6.07, 6.45) is 1.48. The van der Waals surface area contributed by atoms with Gasteiger partial charge in [-0.2, -0.15) is 0 Å². The van der Waals surface area contributed by atoms with Crippen molar-refractivity contribution in [3.8, 4) is 0 Å². The van der Waals surface area contributed by atoms with E-state index in [4.69, 9.17) is 14.6 Å². The summed E-state index contributed by atoms with van der Waals surface area (Å²) >= 11 is 0. The highest BCUT2D eigenvalue weighted by atomic mass is 16.6. The van der Waals surface area contributed by atoms with Crippen molar-refractivity contribution in [3.63, 3.8) is 0 Å². The summed E-state index contributed by atoms with van der Waals surface area (Å²) in [6, 6.07) is 0. The Kier molecular flexibility index (Phi) is 5.75. The first kappa shape index (κ1) is 15.2. The molecule has 1 amide bonds. The molecule has 20 heavy (non-hydrogen) atoms. The minimum absolute atomic E-state index is 0.00682. The Morgan fingerprint density at radius 1 is 1.35 bits per heavy atom. The van der Waals surface area contributed by atoms with Crippen LogP contribution in [0.3, 0.4) is 0 Å². The number of rotatable bonds is 5. The molecule has 2 unspecified atom stereocenters. The maximum atomic E-state index is 12.3. The first-order valence-electron chi connectivity index (χ1n) is 7.07. The molecule has 7 nitrogen and oxygen atoms in total. The second-order valence-electron chi connectivity index (χ2n) is 5.25. The van der Waals surface area contributed by atoms with Crippen molar-refractivity contribution in [1.82, 2.24) is 10.2 Å². The first-order chi connectivity index (χ1) is 9.66. The molecule has 0 bridgehead atoms. The van der Waals surface area contributed by atoms with Gasteiger partial charge in [-0.1, -0.05) is 0 Å². The Balaban J connectivity index is 1.77. The normalized spacial score (nSPS) is 27.3. The molecule has 0 radical (unpaired) electrons. The molecular weight excluding hydrogens is 264 g/mol. The summed E-state index contributed by atoms with van der Waals surface area (Å²) in [5.41, 5.74) is 0. The molecule has 2 aliphatic heterocycles. The smallest absolute Gasteiger partial charge is 0.317 e. The zero-order valence-electron chi connectivity index (χ0n) is 11.5. The molecule has 0 aromatic carbocycles. The fraction of sp³-hybridized carbons (Fsp3) is 0.846. The van der Waals surface area contributed by atoms with Crippen molar-refractivity contribution in [2.45, 2.75) is 18.9 Å². The number of hydrogen-bond acceptors (Lipinski definition) is 5. The van der Waals surface area contributed by atoms with Gasteiger partial charge in [-0.05, 0) is 18.8 Å². The molecular formula is C13H22N2O5. The van der Waals surface area contributed by atoms with Crippen molar-refractivity contribution in [3.05, 3.63) is 0 Å². The highest BCUT2D eigenvalue weighted by Gasteiger charge is 2.30. The van der Waals surface area contributed by atoms with Crippen LogP contribution < -0.4 is 5.32 Å². The topological polar surface area (TPSA) is 88.1 Å². The molecule has 2 N–H and O–H groups in total. The van der Waals surface area contributed by atoms with Crippen molar-refractivity contribution in [2.24, 2.45) is 5.92 Å². The van der Waals surface area contributed by atoms with E-state index in [0.29, 0.717) is 38.8 Å². The zero-order chi connectivity index (χ0) is 14.4. The van der Waals surface area contributed by atoms with Gasteiger partial charge in [-0.25, -0.2) is 0 Å². The number of ether oxygens (including phenoxy) is 2. The largest absolute Gasteiger partial charge is 0.480 e. The maximum Gasteiger partial charge on any atom is 0.317 e. The number of carboxylic acid groups (broad SMARTS) is 1. The summed E-state index contributed by atoms with van der Waals surface area (Å²) < 4.78 is 10.7. The Labute approximate surface area is 118 Å². The molecule has 2 aliphatic rings. The fourth-order valence-electron chi connectivity index (χ4n) is 2.65. The summed E-state index contributed by atoms with van der Waals surface area (Å²) in [7, 11) is 0. The van der Waals surface area contributed by atoms with Crippen molar-refractivity contribution >= 4 is 11.9 Å². The zero-order valence-corrected chi connectivity index (χ0v) is 11.5. The van der Waals surface area contributed by atoms with E-state index in [1.54, 1.807) is 0 Å². The Morgan fingerprint density at radius 2 is 2.20 bits per heavy atom. The minimum atomic E-state index is -0.860. The van der Waals surface area contributed by atoms with Crippen LogP contribution in [0.4, 0.5) is 0 Å². The first-order valence-corrected chi connectivity index (χ1v) is 7.07. The van der Waals surface area contributed by atoms with Crippen LogP contribution in [0.2, 0.25) is 0 Å². The highest BCUT2D eigenvalue weighted by molar-refractivity contribution is 5.81. The number of nitrogens with zero attached hydrogens (tertiary/aromatic N) is 1. The molecule has 0 aromatic heterocycles. The molecule has 7 heteroatoms. The molecule has 2 saturated heterocycles. The molecule has 0 aromatic rings. The van der Waals surface area contributed by atoms with Gasteiger partial charge in [-0.3, -0.25) is 9.59 Å². The molecule has 0 saturated carbocycles. The number of carboxylic acids is 1. The quantitative estimate of drug-likeness (QED) is 0.696. The molecule has 2 fully saturated rings. The number of hydrogen-bond donors (Lipinski definition) is 2. The molecule has 0 aliphatic carbocycles. The lowest BCUT2D eigenvalue weighted by Gasteiger charge is -2.35. The molecule has 2 atom stereocenters. The Bertz CT molecular complexity index is 344. The van der Waals surface area contributed by atoms with Crippen molar-refractivity contribution in [1.29, 1.82) is 0 Å². The van der Waals surface area contributed by atoms with Crippen LogP contribution >= 0.6 is 0 Å². The summed E-state index contributed by atoms with van der Waals surface area (Å²) in [5.74, 6) is -0.564. The van der Waals surface area contributed by atoms with Crippen LogP contribution in [-0.4, -0.2) is 74.0 Å². The standard InChI is InChI=1S/C13H22N2O5/c16-12(17)7-14-6-10-2-1-3-15(8-10)13(18)11-9-19-4-5-20-11/h10-11,14H,1-9H2,(H,16,17). The van der Waals surface area contributed by atoms with Gasteiger partial charge in [0.05, 0.1) is 26.4 Å². The number of amides is 1. The van der Waals surface area contributed by atoms with Crippen LogP contribution in [-0.2, 0) is 19.1 Å². The second-order valence-corrected chi connectivity index (χ2v) is 5.25. The third-order valence-corrected chi connectivity index (χ3v) is 3.63. The highest BCUT2D eigenvalue weighted by Crippen LogP contribution is 2.18. The van der Waals surface area contributed by atoms with Gasteiger partial charge in [0.15, 0.2) is 6.10 Å². The summed E-state index contributed by atoms with van der Waals surface area (Å²) in [5, 5.41) is 11.5. The lowest BCUT2D eigenvalue weighted by Crippen LogP contribution is -2.50. The summed E-state index contributed by atoms with van der Waals surface area (Å²) in [6.45, 7) is 3.33. The predicted octanol–water partition coefficient (Wildman–Crippen LogP) is -0.685. The van der Waals surface area contributed by atoms with Gasteiger partial charge in [-0.15, -0.1) is 0 Å². The van der Waals surface area contributed by atoms with Crippen LogP contribution in [0.15, 0.2) is 0 Å². The maximum absolute atomic E-state index is 12.3. The van der Waals surface area contributed by atoms with E-state index in [-0.39, 0.29) is 12.5 Å². The van der Waals surface area contributed by atoms with Crippen LogP contribution in [0.25, 0.3) is 0 Å². The molecule has 0 spiro atoms. The van der Waals surface area contributed by atoms with Gasteiger partial charge in [0.1, 0.15) is 0 Å². The van der Waals surface area contributed by atoms with E-state index in [1.807, 2.05) is 4.90 Å². The van der Waals surface area contributed by atoms with Gasteiger partial charge < -0.3 is 24.8 Å². The van der Waals surface area contributed by atoms with E-state index in [2.05, 4.69) is 5.32 Å². The molecule has 2 rings (SSSR count). The monoisotopic (exact) mass is 286 g/mol. The van der Waals surface area contributed by atoms with E-state index in [0.717, 1.165) is 19.4 Å². The SMILES string of the molecule is O=C(O)CNCC1CCCN(C(=O)C2COCCO2)C1. The third kappa shape index (κ3) is 4.43. The molecule has 2 heterocycles. The number of piperidine rings is 1. The van der Waals surface area contributed by atoms with Crippen molar-refractivity contribution < 1.29 is 24.2 Å². The fourth-order valence-corrected chi connectivity index (χ4v) is 2.65. The lowest BCUT2D eigenvalue weighted by atomic mass is 9.97. The Morgan fingerprint density at radius 3 is 2.90 bits per heavy atom. The van der Waals surface area contributed by atoms with Crippen LogP contribution in [0.1, 0.15) is 12.8 Å². The molecule has 114 valence electrons. The van der Waals surface area contributed by atoms with E-state index in [9.17, 15) is 9.59 Å². The Hall–Kier alpha value is -1.18. The number of aliphatic carboxylic acids is 1.